The van der Waals surface area contributed by atoms with Crippen LogP contribution < -0.4 is 5.32 Å². The summed E-state index contributed by atoms with van der Waals surface area (Å²) in [5.41, 5.74) is 0.624. The molecule has 1 heterocycles. The number of hydrogen-bond donors (Lipinski definition) is 1. The van der Waals surface area contributed by atoms with E-state index in [2.05, 4.69) is 31.4 Å². The highest BCUT2D eigenvalue weighted by Crippen LogP contribution is 2.10. The summed E-state index contributed by atoms with van der Waals surface area (Å²) >= 11 is 3.31. The van der Waals surface area contributed by atoms with E-state index in [-0.39, 0.29) is 5.91 Å². The molecule has 0 saturated carbocycles. The van der Waals surface area contributed by atoms with E-state index in [1.165, 1.54) is 6.33 Å². The molecule has 0 aliphatic rings. The molecule has 1 N–H and O–H groups in total. The van der Waals surface area contributed by atoms with Crippen molar-refractivity contribution in [2.75, 3.05) is 6.54 Å². The molecule has 0 aliphatic carbocycles. The molecule has 88 valence electrons. The van der Waals surface area contributed by atoms with Gasteiger partial charge in [-0.15, -0.1) is 0 Å². The second kappa shape index (κ2) is 5.58. The van der Waals surface area contributed by atoms with E-state index in [9.17, 15) is 4.79 Å². The standard InChI is InChI=1S/C11H10BrN3O2/c12-9-3-1-8(2-4-9)11(16)13-6-5-10-14-7-15-17-10/h1-4,7H,5-6H2,(H,13,16). The maximum Gasteiger partial charge on any atom is 0.251 e. The van der Waals surface area contributed by atoms with Crippen LogP contribution in [0.4, 0.5) is 0 Å². The second-order valence-electron chi connectivity index (χ2n) is 3.35. The van der Waals surface area contributed by atoms with Crippen LogP contribution in [-0.2, 0) is 6.42 Å². The molecule has 0 spiro atoms. The van der Waals surface area contributed by atoms with E-state index in [0.717, 1.165) is 4.47 Å². The number of aromatic nitrogens is 2. The predicted octanol–water partition coefficient (Wildman–Crippen LogP) is 1.80. The largest absolute Gasteiger partial charge is 0.352 e. The van der Waals surface area contributed by atoms with Gasteiger partial charge in [0.05, 0.1) is 0 Å². The summed E-state index contributed by atoms with van der Waals surface area (Å²) in [6.07, 6.45) is 1.87. The quantitative estimate of drug-likeness (QED) is 0.934. The fraction of sp³-hybridized carbons (Fsp3) is 0.182. The van der Waals surface area contributed by atoms with Gasteiger partial charge in [0.2, 0.25) is 5.89 Å². The molecule has 1 aromatic carbocycles. The molecule has 0 saturated heterocycles. The Labute approximate surface area is 106 Å². The molecular formula is C11H10BrN3O2. The summed E-state index contributed by atoms with van der Waals surface area (Å²) in [6.45, 7) is 0.469. The molecule has 2 aromatic rings. The van der Waals surface area contributed by atoms with Crippen LogP contribution in [0.15, 0.2) is 39.6 Å². The van der Waals surface area contributed by atoms with E-state index in [0.29, 0.717) is 24.4 Å². The number of benzene rings is 1. The Morgan fingerprint density at radius 3 is 2.76 bits per heavy atom. The van der Waals surface area contributed by atoms with Gasteiger partial charge < -0.3 is 9.84 Å². The SMILES string of the molecule is O=C(NCCc1ncno1)c1ccc(Br)cc1. The van der Waals surface area contributed by atoms with E-state index in [4.69, 9.17) is 4.52 Å². The average molecular weight is 296 g/mol. The van der Waals surface area contributed by atoms with Gasteiger partial charge in [-0.25, -0.2) is 0 Å². The first-order valence-electron chi connectivity index (χ1n) is 5.05. The summed E-state index contributed by atoms with van der Waals surface area (Å²) in [4.78, 5) is 15.6. The van der Waals surface area contributed by atoms with Crippen molar-refractivity contribution in [1.82, 2.24) is 15.5 Å². The van der Waals surface area contributed by atoms with Gasteiger partial charge in [-0.3, -0.25) is 4.79 Å². The smallest absolute Gasteiger partial charge is 0.251 e. The van der Waals surface area contributed by atoms with Crippen molar-refractivity contribution in [1.29, 1.82) is 0 Å². The van der Waals surface area contributed by atoms with E-state index >= 15 is 0 Å². The van der Waals surface area contributed by atoms with Gasteiger partial charge in [-0.1, -0.05) is 21.1 Å². The number of rotatable bonds is 4. The number of carbonyl (C=O) groups is 1. The van der Waals surface area contributed by atoms with Gasteiger partial charge in [0, 0.05) is 23.0 Å². The molecule has 1 aromatic heterocycles. The molecule has 0 bridgehead atoms. The molecule has 2 rings (SSSR count). The van der Waals surface area contributed by atoms with Crippen molar-refractivity contribution in [2.24, 2.45) is 0 Å². The van der Waals surface area contributed by atoms with Gasteiger partial charge in [0.1, 0.15) is 0 Å². The van der Waals surface area contributed by atoms with Crippen molar-refractivity contribution in [3.63, 3.8) is 0 Å². The Kier molecular flexibility index (Phi) is 3.87. The van der Waals surface area contributed by atoms with Crippen LogP contribution in [0.1, 0.15) is 16.2 Å². The molecule has 0 radical (unpaired) electrons. The van der Waals surface area contributed by atoms with Crippen LogP contribution in [0.3, 0.4) is 0 Å². The van der Waals surface area contributed by atoms with E-state index in [1.807, 2.05) is 12.1 Å². The van der Waals surface area contributed by atoms with Crippen LogP contribution in [-0.4, -0.2) is 22.6 Å². The van der Waals surface area contributed by atoms with Crippen LogP contribution in [0, 0.1) is 0 Å². The van der Waals surface area contributed by atoms with E-state index < -0.39 is 0 Å². The minimum atomic E-state index is -0.114. The summed E-state index contributed by atoms with van der Waals surface area (Å²) in [5, 5.41) is 6.26. The highest BCUT2D eigenvalue weighted by molar-refractivity contribution is 9.10. The summed E-state index contributed by atoms with van der Waals surface area (Å²) in [6, 6.07) is 7.16. The molecule has 17 heavy (non-hydrogen) atoms. The number of carbonyl (C=O) groups excluding carboxylic acids is 1. The summed E-state index contributed by atoms with van der Waals surface area (Å²) in [5.74, 6) is 0.401. The number of hydrogen-bond acceptors (Lipinski definition) is 4. The zero-order chi connectivity index (χ0) is 12.1. The lowest BCUT2D eigenvalue weighted by Gasteiger charge is -2.03. The minimum absolute atomic E-state index is 0.114. The summed E-state index contributed by atoms with van der Waals surface area (Å²) in [7, 11) is 0. The Hall–Kier alpha value is -1.69. The van der Waals surface area contributed by atoms with Gasteiger partial charge in [-0.2, -0.15) is 4.98 Å². The third-order valence-corrected chi connectivity index (χ3v) is 2.67. The zero-order valence-electron chi connectivity index (χ0n) is 8.89. The topological polar surface area (TPSA) is 68.0 Å². The molecule has 1 amide bonds. The summed E-state index contributed by atoms with van der Waals surface area (Å²) < 4.78 is 5.76. The van der Waals surface area contributed by atoms with Crippen LogP contribution in [0.25, 0.3) is 0 Å². The highest BCUT2D eigenvalue weighted by Gasteiger charge is 2.05. The van der Waals surface area contributed by atoms with Crippen LogP contribution >= 0.6 is 15.9 Å². The van der Waals surface area contributed by atoms with Gasteiger partial charge in [-0.05, 0) is 24.3 Å². The lowest BCUT2D eigenvalue weighted by atomic mass is 10.2. The van der Waals surface area contributed by atoms with Crippen molar-refractivity contribution in [3.8, 4) is 0 Å². The molecular weight excluding hydrogens is 286 g/mol. The van der Waals surface area contributed by atoms with E-state index in [1.54, 1.807) is 12.1 Å². The van der Waals surface area contributed by atoms with Gasteiger partial charge in [0.15, 0.2) is 6.33 Å². The number of nitrogens with zero attached hydrogens (tertiary/aromatic N) is 2. The third kappa shape index (κ3) is 3.39. The molecule has 0 unspecified atom stereocenters. The van der Waals surface area contributed by atoms with Crippen molar-refractivity contribution < 1.29 is 9.32 Å². The maximum absolute atomic E-state index is 11.7. The second-order valence-corrected chi connectivity index (χ2v) is 4.26. The molecule has 0 aliphatic heterocycles. The first kappa shape index (κ1) is 11.8. The Balaban J connectivity index is 1.83. The van der Waals surface area contributed by atoms with Crippen LogP contribution in [0.5, 0.6) is 0 Å². The maximum atomic E-state index is 11.7. The van der Waals surface area contributed by atoms with Gasteiger partial charge >= 0.3 is 0 Å². The minimum Gasteiger partial charge on any atom is -0.352 e. The number of amides is 1. The monoisotopic (exact) mass is 295 g/mol. The first-order chi connectivity index (χ1) is 8.25. The van der Waals surface area contributed by atoms with Crippen molar-refractivity contribution in [2.45, 2.75) is 6.42 Å². The Morgan fingerprint density at radius 2 is 2.12 bits per heavy atom. The number of nitrogens with one attached hydrogen (secondary N) is 1. The van der Waals surface area contributed by atoms with Crippen molar-refractivity contribution in [3.05, 3.63) is 46.5 Å². The lowest BCUT2D eigenvalue weighted by molar-refractivity contribution is 0.0953. The third-order valence-electron chi connectivity index (χ3n) is 2.14. The molecule has 0 fully saturated rings. The molecule has 0 atom stereocenters. The highest BCUT2D eigenvalue weighted by atomic mass is 79.9. The zero-order valence-corrected chi connectivity index (χ0v) is 10.5. The van der Waals surface area contributed by atoms with Crippen LogP contribution in [0.2, 0.25) is 0 Å². The Morgan fingerprint density at radius 1 is 1.35 bits per heavy atom. The normalized spacial score (nSPS) is 10.2. The first-order valence-corrected chi connectivity index (χ1v) is 5.84. The fourth-order valence-electron chi connectivity index (χ4n) is 1.29. The number of halogens is 1. The average Bonchev–Trinajstić information content (AvgIpc) is 2.83. The van der Waals surface area contributed by atoms with Crippen molar-refractivity contribution >= 4 is 21.8 Å². The van der Waals surface area contributed by atoms with Gasteiger partial charge in [0.25, 0.3) is 5.91 Å². The predicted molar refractivity (Wildman–Crippen MR) is 64.5 cm³/mol. The molecule has 5 nitrogen and oxygen atoms in total. The molecule has 6 heteroatoms. The fourth-order valence-corrected chi connectivity index (χ4v) is 1.56. The Bertz CT molecular complexity index is 482. The lowest BCUT2D eigenvalue weighted by Crippen LogP contribution is -2.25.